The molecule has 0 aliphatic heterocycles. The number of carbonyl (C=O) groups excluding carboxylic acids is 3. The number of benzene rings is 1. The number of methoxy groups -OCH3 is 1. The first kappa shape index (κ1) is 18.9. The second-order valence-electron chi connectivity index (χ2n) is 5.54. The molecule has 0 fully saturated rings. The molecule has 2 rings (SSSR count). The van der Waals surface area contributed by atoms with Gasteiger partial charge in [-0.3, -0.25) is 4.79 Å². The summed E-state index contributed by atoms with van der Waals surface area (Å²) in [5.74, 6) is -1.53. The first-order valence-corrected chi connectivity index (χ1v) is 8.33. The Bertz CT molecular complexity index is 823. The van der Waals surface area contributed by atoms with Gasteiger partial charge in [0, 0.05) is 10.2 Å². The molecule has 0 radical (unpaired) electrons. The lowest BCUT2D eigenvalue weighted by molar-refractivity contribution is 0.0316. The number of esters is 2. The largest absolute Gasteiger partial charge is 0.465 e. The number of nitrogens with one attached hydrogen (secondary N) is 1. The molecule has 0 unspecified atom stereocenters. The molecule has 0 aliphatic rings. The Morgan fingerprint density at radius 2 is 1.68 bits per heavy atom. The zero-order valence-electron chi connectivity index (χ0n) is 14.3. The Kier molecular flexibility index (Phi) is 5.79. The number of hydrogen-bond acceptors (Lipinski definition) is 5. The number of ketones is 1. The molecule has 2 aromatic rings. The summed E-state index contributed by atoms with van der Waals surface area (Å²) in [6, 6.07) is 6.63. The highest BCUT2D eigenvalue weighted by Gasteiger charge is 2.27. The van der Waals surface area contributed by atoms with E-state index in [1.165, 1.54) is 14.0 Å². The van der Waals surface area contributed by atoms with Crippen LogP contribution in [0.1, 0.15) is 49.4 Å². The van der Waals surface area contributed by atoms with Crippen molar-refractivity contribution < 1.29 is 23.9 Å². The molecular formula is C18H18BrNO5. The van der Waals surface area contributed by atoms with Gasteiger partial charge in [0.15, 0.2) is 6.10 Å². The van der Waals surface area contributed by atoms with E-state index in [-0.39, 0.29) is 5.69 Å². The van der Waals surface area contributed by atoms with Crippen molar-refractivity contribution in [2.24, 2.45) is 0 Å². The van der Waals surface area contributed by atoms with Crippen molar-refractivity contribution in [2.45, 2.75) is 26.9 Å². The van der Waals surface area contributed by atoms with Gasteiger partial charge in [-0.25, -0.2) is 9.59 Å². The van der Waals surface area contributed by atoms with Crippen LogP contribution < -0.4 is 0 Å². The highest BCUT2D eigenvalue weighted by molar-refractivity contribution is 9.10. The van der Waals surface area contributed by atoms with E-state index in [1.54, 1.807) is 38.1 Å². The van der Waals surface area contributed by atoms with Crippen molar-refractivity contribution in [3.8, 4) is 0 Å². The topological polar surface area (TPSA) is 85.5 Å². The number of halogens is 1. The molecule has 1 N–H and O–H groups in total. The third-order valence-electron chi connectivity index (χ3n) is 3.81. The standard InChI is InChI=1S/C18H18BrNO5/c1-9-14(18(23)24-4)10(2)20-15(9)16(21)11(3)25-17(22)12-5-7-13(19)8-6-12/h5-8,11,20H,1-4H3/t11-/m0/s1. The van der Waals surface area contributed by atoms with Gasteiger partial charge in [-0.2, -0.15) is 0 Å². The fraction of sp³-hybridized carbons (Fsp3) is 0.278. The normalized spacial score (nSPS) is 11.7. The van der Waals surface area contributed by atoms with Crippen molar-refractivity contribution >= 4 is 33.7 Å². The van der Waals surface area contributed by atoms with Crippen LogP contribution in [-0.2, 0) is 9.47 Å². The van der Waals surface area contributed by atoms with E-state index in [1.807, 2.05) is 0 Å². The zero-order chi connectivity index (χ0) is 18.7. The molecule has 0 spiro atoms. The van der Waals surface area contributed by atoms with Crippen molar-refractivity contribution in [1.29, 1.82) is 0 Å². The highest BCUT2D eigenvalue weighted by Crippen LogP contribution is 2.21. The SMILES string of the molecule is COC(=O)c1c(C)[nH]c(C(=O)[C@H](C)OC(=O)c2ccc(Br)cc2)c1C. The van der Waals surface area contributed by atoms with Gasteiger partial charge >= 0.3 is 11.9 Å². The number of carbonyl (C=O) groups is 3. The fourth-order valence-electron chi connectivity index (χ4n) is 2.48. The van der Waals surface area contributed by atoms with Crippen molar-refractivity contribution in [1.82, 2.24) is 4.98 Å². The molecule has 6 nitrogen and oxygen atoms in total. The molecule has 0 amide bonds. The number of ether oxygens (including phenoxy) is 2. The lowest BCUT2D eigenvalue weighted by Gasteiger charge is -2.12. The van der Waals surface area contributed by atoms with E-state index >= 15 is 0 Å². The predicted octanol–water partition coefficient (Wildman–Crippen LogP) is 3.61. The van der Waals surface area contributed by atoms with E-state index in [0.29, 0.717) is 22.4 Å². The maximum Gasteiger partial charge on any atom is 0.339 e. The molecule has 1 atom stereocenters. The summed E-state index contributed by atoms with van der Waals surface area (Å²) in [7, 11) is 1.28. The smallest absolute Gasteiger partial charge is 0.339 e. The van der Waals surface area contributed by atoms with Crippen LogP contribution in [0.5, 0.6) is 0 Å². The van der Waals surface area contributed by atoms with Crippen molar-refractivity contribution in [2.75, 3.05) is 7.11 Å². The minimum Gasteiger partial charge on any atom is -0.465 e. The molecule has 1 aromatic carbocycles. The Morgan fingerprint density at radius 3 is 2.24 bits per heavy atom. The molecule has 25 heavy (non-hydrogen) atoms. The van der Waals surface area contributed by atoms with E-state index in [0.717, 1.165) is 4.47 Å². The van der Waals surface area contributed by atoms with Crippen LogP contribution >= 0.6 is 15.9 Å². The summed E-state index contributed by atoms with van der Waals surface area (Å²) in [5, 5.41) is 0. The molecule has 0 saturated carbocycles. The minimum absolute atomic E-state index is 0.231. The average Bonchev–Trinajstić information content (AvgIpc) is 2.88. The summed E-state index contributed by atoms with van der Waals surface area (Å²) in [4.78, 5) is 39.4. The van der Waals surface area contributed by atoms with Crippen LogP contribution in [0.3, 0.4) is 0 Å². The molecule has 132 valence electrons. The summed E-state index contributed by atoms with van der Waals surface area (Å²) in [5.41, 5.74) is 1.89. The van der Waals surface area contributed by atoms with E-state index in [2.05, 4.69) is 20.9 Å². The summed E-state index contributed by atoms with van der Waals surface area (Å²) >= 11 is 3.29. The molecule has 0 aliphatic carbocycles. The molecule has 1 aromatic heterocycles. The number of aromatic amines is 1. The van der Waals surface area contributed by atoms with Crippen LogP contribution in [0.4, 0.5) is 0 Å². The molecule has 1 heterocycles. The molecular weight excluding hydrogens is 390 g/mol. The maximum absolute atomic E-state index is 12.6. The van der Waals surface area contributed by atoms with Gasteiger partial charge in [0.05, 0.1) is 23.9 Å². The van der Waals surface area contributed by atoms with Gasteiger partial charge in [0.1, 0.15) is 0 Å². The summed E-state index contributed by atoms with van der Waals surface area (Å²) in [6.45, 7) is 4.81. The average molecular weight is 408 g/mol. The molecule has 7 heteroatoms. The van der Waals surface area contributed by atoms with Crippen LogP contribution in [0.15, 0.2) is 28.7 Å². The highest BCUT2D eigenvalue weighted by atomic mass is 79.9. The Morgan fingerprint density at radius 1 is 1.08 bits per heavy atom. The van der Waals surface area contributed by atoms with Gasteiger partial charge in [0.25, 0.3) is 0 Å². The lowest BCUT2D eigenvalue weighted by Crippen LogP contribution is -2.25. The Labute approximate surface area is 153 Å². The van der Waals surface area contributed by atoms with E-state index < -0.39 is 23.8 Å². The number of rotatable bonds is 5. The second-order valence-corrected chi connectivity index (χ2v) is 6.45. The number of H-pyrrole nitrogens is 1. The van der Waals surface area contributed by atoms with E-state index in [4.69, 9.17) is 9.47 Å². The first-order valence-electron chi connectivity index (χ1n) is 7.54. The quantitative estimate of drug-likeness (QED) is 0.604. The minimum atomic E-state index is -1.00. The van der Waals surface area contributed by atoms with Gasteiger partial charge in [-0.15, -0.1) is 0 Å². The van der Waals surface area contributed by atoms with Gasteiger partial charge in [-0.05, 0) is 50.6 Å². The third-order valence-corrected chi connectivity index (χ3v) is 4.34. The maximum atomic E-state index is 12.6. The molecule has 0 saturated heterocycles. The Balaban J connectivity index is 2.19. The Hall–Kier alpha value is -2.41. The zero-order valence-corrected chi connectivity index (χ0v) is 15.9. The third kappa shape index (κ3) is 3.99. The predicted molar refractivity (Wildman–Crippen MR) is 95.0 cm³/mol. The number of aromatic nitrogens is 1. The van der Waals surface area contributed by atoms with Gasteiger partial charge in [-0.1, -0.05) is 15.9 Å². The number of Topliss-reactive ketones (excluding diaryl/α,β-unsaturated/α-hetero) is 1. The first-order chi connectivity index (χ1) is 11.8. The van der Waals surface area contributed by atoms with Crippen LogP contribution in [0.2, 0.25) is 0 Å². The van der Waals surface area contributed by atoms with Gasteiger partial charge in [0.2, 0.25) is 5.78 Å². The van der Waals surface area contributed by atoms with Gasteiger partial charge < -0.3 is 14.5 Å². The lowest BCUT2D eigenvalue weighted by atomic mass is 10.1. The monoisotopic (exact) mass is 407 g/mol. The summed E-state index contributed by atoms with van der Waals surface area (Å²) < 4.78 is 10.8. The van der Waals surface area contributed by atoms with Crippen molar-refractivity contribution in [3.63, 3.8) is 0 Å². The van der Waals surface area contributed by atoms with Crippen LogP contribution in [0.25, 0.3) is 0 Å². The van der Waals surface area contributed by atoms with Crippen molar-refractivity contribution in [3.05, 3.63) is 56.8 Å². The number of aryl methyl sites for hydroxylation is 1. The van der Waals surface area contributed by atoms with E-state index in [9.17, 15) is 14.4 Å². The number of hydrogen-bond donors (Lipinski definition) is 1. The van der Waals surface area contributed by atoms with Crippen LogP contribution in [-0.4, -0.2) is 35.9 Å². The fourth-order valence-corrected chi connectivity index (χ4v) is 2.74. The molecule has 0 bridgehead atoms. The second kappa shape index (κ2) is 7.65. The summed E-state index contributed by atoms with van der Waals surface area (Å²) in [6.07, 6.45) is -1.00. The van der Waals surface area contributed by atoms with Crippen LogP contribution in [0, 0.1) is 13.8 Å².